The van der Waals surface area contributed by atoms with Gasteiger partial charge < -0.3 is 10.6 Å². The minimum Gasteiger partial charge on any atom is -0.356 e. The highest BCUT2D eigenvalue weighted by atomic mass is 15.2. The number of guanidine groups is 1. The van der Waals surface area contributed by atoms with E-state index in [1.165, 1.54) is 19.3 Å². The van der Waals surface area contributed by atoms with E-state index in [9.17, 15) is 0 Å². The van der Waals surface area contributed by atoms with Crippen molar-refractivity contribution in [1.29, 1.82) is 0 Å². The molecular formula is C8H15N3. The fraction of sp³-hybridized carbons (Fsp3) is 0.875. The van der Waals surface area contributed by atoms with Crippen molar-refractivity contribution in [2.24, 2.45) is 10.9 Å². The third-order valence-corrected chi connectivity index (χ3v) is 2.22. The Morgan fingerprint density at radius 3 is 3.09 bits per heavy atom. The largest absolute Gasteiger partial charge is 0.356 e. The highest BCUT2D eigenvalue weighted by molar-refractivity contribution is 5.81. The minimum atomic E-state index is 0.936. The van der Waals surface area contributed by atoms with Crippen LogP contribution in [-0.4, -0.2) is 25.6 Å². The lowest BCUT2D eigenvalue weighted by Crippen LogP contribution is -2.34. The summed E-state index contributed by atoms with van der Waals surface area (Å²) in [4.78, 5) is 4.25. The Morgan fingerprint density at radius 2 is 2.45 bits per heavy atom. The Balaban J connectivity index is 1.57. The van der Waals surface area contributed by atoms with Gasteiger partial charge in [-0.2, -0.15) is 0 Å². The zero-order valence-electron chi connectivity index (χ0n) is 6.77. The van der Waals surface area contributed by atoms with Gasteiger partial charge in [0.2, 0.25) is 0 Å². The van der Waals surface area contributed by atoms with Crippen LogP contribution in [0.15, 0.2) is 4.99 Å². The van der Waals surface area contributed by atoms with E-state index < -0.39 is 0 Å². The average molecular weight is 153 g/mol. The molecule has 0 aromatic rings. The summed E-state index contributed by atoms with van der Waals surface area (Å²) < 4.78 is 0. The minimum absolute atomic E-state index is 0.936. The van der Waals surface area contributed by atoms with Gasteiger partial charge in [-0.05, 0) is 12.3 Å². The predicted octanol–water partition coefficient (Wildman–Crippen LogP) is 0.335. The van der Waals surface area contributed by atoms with Gasteiger partial charge in [-0.3, -0.25) is 4.99 Å². The number of hydrogen-bond acceptors (Lipinski definition) is 3. The second kappa shape index (κ2) is 3.11. The summed E-state index contributed by atoms with van der Waals surface area (Å²) in [5.41, 5.74) is 0. The van der Waals surface area contributed by atoms with E-state index in [0.29, 0.717) is 0 Å². The van der Waals surface area contributed by atoms with Crippen molar-refractivity contribution < 1.29 is 0 Å². The van der Waals surface area contributed by atoms with E-state index in [1.807, 2.05) is 0 Å². The van der Waals surface area contributed by atoms with Crippen molar-refractivity contribution >= 4 is 5.96 Å². The molecule has 1 aliphatic carbocycles. The monoisotopic (exact) mass is 153 g/mol. The SMILES string of the molecule is C1CNC(NCCC2CC2)=N1. The van der Waals surface area contributed by atoms with Gasteiger partial charge >= 0.3 is 0 Å². The van der Waals surface area contributed by atoms with Gasteiger partial charge in [0.25, 0.3) is 0 Å². The van der Waals surface area contributed by atoms with Gasteiger partial charge in [-0.25, -0.2) is 0 Å². The van der Waals surface area contributed by atoms with Crippen LogP contribution in [0.5, 0.6) is 0 Å². The molecule has 1 heterocycles. The standard InChI is InChI=1S/C8H15N3/c1-2-7(1)3-4-9-8-10-5-6-11-8/h7H,1-6H2,(H2,9,10,11). The first-order valence-electron chi connectivity index (χ1n) is 4.47. The Kier molecular flexibility index (Phi) is 1.97. The number of rotatable bonds is 3. The molecular weight excluding hydrogens is 138 g/mol. The van der Waals surface area contributed by atoms with E-state index in [1.54, 1.807) is 0 Å². The first-order chi connectivity index (χ1) is 5.45. The quantitative estimate of drug-likeness (QED) is 0.613. The van der Waals surface area contributed by atoms with Crippen LogP contribution in [0.3, 0.4) is 0 Å². The van der Waals surface area contributed by atoms with Crippen LogP contribution in [0.1, 0.15) is 19.3 Å². The molecule has 0 aromatic heterocycles. The highest BCUT2D eigenvalue weighted by Gasteiger charge is 2.20. The van der Waals surface area contributed by atoms with Gasteiger partial charge in [0, 0.05) is 13.1 Å². The molecule has 1 saturated carbocycles. The fourth-order valence-electron chi connectivity index (χ4n) is 1.32. The predicted molar refractivity (Wildman–Crippen MR) is 45.6 cm³/mol. The summed E-state index contributed by atoms with van der Waals surface area (Å²) in [7, 11) is 0. The van der Waals surface area contributed by atoms with Gasteiger partial charge in [-0.1, -0.05) is 12.8 Å². The van der Waals surface area contributed by atoms with Crippen LogP contribution in [0, 0.1) is 5.92 Å². The Morgan fingerprint density at radius 1 is 1.55 bits per heavy atom. The molecule has 0 radical (unpaired) electrons. The molecule has 1 aliphatic heterocycles. The second-order valence-electron chi connectivity index (χ2n) is 3.32. The zero-order valence-corrected chi connectivity index (χ0v) is 6.77. The second-order valence-corrected chi connectivity index (χ2v) is 3.32. The summed E-state index contributed by atoms with van der Waals surface area (Å²) in [6, 6.07) is 0. The smallest absolute Gasteiger partial charge is 0.191 e. The molecule has 0 aromatic carbocycles. The first kappa shape index (κ1) is 6.95. The molecule has 3 nitrogen and oxygen atoms in total. The first-order valence-corrected chi connectivity index (χ1v) is 4.47. The van der Waals surface area contributed by atoms with Crippen LogP contribution in [0.4, 0.5) is 0 Å². The Labute approximate surface area is 67.3 Å². The van der Waals surface area contributed by atoms with E-state index in [4.69, 9.17) is 0 Å². The van der Waals surface area contributed by atoms with Crippen LogP contribution in [-0.2, 0) is 0 Å². The Bertz CT molecular complexity index is 161. The van der Waals surface area contributed by atoms with E-state index in [-0.39, 0.29) is 0 Å². The van der Waals surface area contributed by atoms with Gasteiger partial charge in [0.05, 0.1) is 6.54 Å². The normalized spacial score (nSPS) is 22.7. The van der Waals surface area contributed by atoms with Gasteiger partial charge in [0.1, 0.15) is 0 Å². The van der Waals surface area contributed by atoms with Crippen molar-refractivity contribution in [3.8, 4) is 0 Å². The van der Waals surface area contributed by atoms with Crippen molar-refractivity contribution in [2.75, 3.05) is 19.6 Å². The summed E-state index contributed by atoms with van der Waals surface area (Å²) >= 11 is 0. The molecule has 0 bridgehead atoms. The number of hydrogen-bond donors (Lipinski definition) is 2. The molecule has 2 N–H and O–H groups in total. The zero-order chi connectivity index (χ0) is 7.52. The summed E-state index contributed by atoms with van der Waals surface area (Å²) in [5.74, 6) is 2.02. The van der Waals surface area contributed by atoms with Crippen molar-refractivity contribution in [2.45, 2.75) is 19.3 Å². The number of nitrogens with one attached hydrogen (secondary N) is 2. The van der Waals surface area contributed by atoms with Crippen LogP contribution >= 0.6 is 0 Å². The molecule has 0 amide bonds. The maximum atomic E-state index is 4.25. The van der Waals surface area contributed by atoms with Gasteiger partial charge in [0.15, 0.2) is 5.96 Å². The lowest BCUT2D eigenvalue weighted by molar-refractivity contribution is 0.693. The topological polar surface area (TPSA) is 36.4 Å². The summed E-state index contributed by atoms with van der Waals surface area (Å²) in [6.45, 7) is 3.04. The molecule has 0 spiro atoms. The maximum absolute atomic E-state index is 4.25. The van der Waals surface area contributed by atoms with E-state index >= 15 is 0 Å². The summed E-state index contributed by atoms with van der Waals surface area (Å²) in [5, 5.41) is 6.48. The maximum Gasteiger partial charge on any atom is 0.191 e. The third kappa shape index (κ3) is 2.10. The van der Waals surface area contributed by atoms with Gasteiger partial charge in [-0.15, -0.1) is 0 Å². The molecule has 1 fully saturated rings. The highest BCUT2D eigenvalue weighted by Crippen LogP contribution is 2.31. The molecule has 0 unspecified atom stereocenters. The van der Waals surface area contributed by atoms with Crippen LogP contribution in [0.25, 0.3) is 0 Å². The number of aliphatic imine (C=N–C) groups is 1. The van der Waals surface area contributed by atoms with E-state index in [2.05, 4.69) is 15.6 Å². The Hall–Kier alpha value is -0.730. The lowest BCUT2D eigenvalue weighted by Gasteiger charge is -2.04. The van der Waals surface area contributed by atoms with Crippen LogP contribution in [0.2, 0.25) is 0 Å². The molecule has 62 valence electrons. The van der Waals surface area contributed by atoms with Crippen molar-refractivity contribution in [3.63, 3.8) is 0 Å². The average Bonchev–Trinajstić information content (AvgIpc) is 2.66. The fourth-order valence-corrected chi connectivity index (χ4v) is 1.32. The molecule has 2 aliphatic rings. The van der Waals surface area contributed by atoms with E-state index in [0.717, 1.165) is 31.5 Å². The molecule has 2 rings (SSSR count). The van der Waals surface area contributed by atoms with Crippen LogP contribution < -0.4 is 10.6 Å². The van der Waals surface area contributed by atoms with Crippen molar-refractivity contribution in [3.05, 3.63) is 0 Å². The molecule has 0 atom stereocenters. The molecule has 3 heteroatoms. The molecule has 0 saturated heterocycles. The number of nitrogens with zero attached hydrogens (tertiary/aromatic N) is 1. The summed E-state index contributed by atoms with van der Waals surface area (Å²) in [6.07, 6.45) is 4.21. The third-order valence-electron chi connectivity index (χ3n) is 2.22. The molecule has 11 heavy (non-hydrogen) atoms. The lowest BCUT2D eigenvalue weighted by atomic mass is 10.3. The van der Waals surface area contributed by atoms with Crippen molar-refractivity contribution in [1.82, 2.24) is 10.6 Å².